The van der Waals surface area contributed by atoms with Crippen molar-refractivity contribution >= 4 is 11.9 Å². The van der Waals surface area contributed by atoms with E-state index in [0.29, 0.717) is 19.3 Å². The maximum Gasteiger partial charge on any atom is 0.316 e. The molecule has 0 amide bonds. The summed E-state index contributed by atoms with van der Waals surface area (Å²) in [4.78, 5) is 23.9. The number of carbonyl (C=O) groups excluding carboxylic acids is 2. The van der Waals surface area contributed by atoms with Gasteiger partial charge in [0.25, 0.3) is 0 Å². The van der Waals surface area contributed by atoms with Crippen molar-refractivity contribution in [3.8, 4) is 0 Å². The molecule has 1 saturated heterocycles. The van der Waals surface area contributed by atoms with E-state index in [4.69, 9.17) is 4.74 Å². The third-order valence-electron chi connectivity index (χ3n) is 4.09. The highest BCUT2D eigenvalue weighted by Crippen LogP contribution is 2.27. The highest BCUT2D eigenvalue weighted by atomic mass is 16.6. The van der Waals surface area contributed by atoms with Gasteiger partial charge in [-0.1, -0.05) is 60.7 Å². The summed E-state index contributed by atoms with van der Waals surface area (Å²) in [5, 5.41) is 0. The van der Waals surface area contributed by atoms with Gasteiger partial charge in [0.1, 0.15) is 0 Å². The number of esters is 2. The first-order valence-electron chi connectivity index (χ1n) is 7.56. The Bertz CT molecular complexity index is 591. The van der Waals surface area contributed by atoms with Crippen molar-refractivity contribution in [2.45, 2.75) is 19.3 Å². The average Bonchev–Trinajstić information content (AvgIpc) is 2.54. The summed E-state index contributed by atoms with van der Waals surface area (Å²) in [6.45, 7) is 0. The lowest BCUT2D eigenvalue weighted by molar-refractivity contribution is -0.171. The van der Waals surface area contributed by atoms with E-state index >= 15 is 0 Å². The number of benzene rings is 2. The molecule has 2 atom stereocenters. The Labute approximate surface area is 129 Å². The number of carbonyl (C=O) groups is 2. The van der Waals surface area contributed by atoms with Crippen molar-refractivity contribution in [3.63, 3.8) is 0 Å². The predicted molar refractivity (Wildman–Crippen MR) is 83.0 cm³/mol. The molecule has 0 bridgehead atoms. The van der Waals surface area contributed by atoms with Crippen LogP contribution in [0.15, 0.2) is 60.7 Å². The molecule has 3 rings (SSSR count). The van der Waals surface area contributed by atoms with E-state index in [0.717, 1.165) is 11.1 Å². The molecule has 2 aromatic carbocycles. The van der Waals surface area contributed by atoms with Crippen LogP contribution in [0, 0.1) is 11.8 Å². The maximum atomic E-state index is 12.0. The molecule has 0 spiro atoms. The summed E-state index contributed by atoms with van der Waals surface area (Å²) in [7, 11) is 0. The lowest BCUT2D eigenvalue weighted by atomic mass is 9.84. The lowest BCUT2D eigenvalue weighted by Gasteiger charge is -2.26. The molecular formula is C19H18O3. The molecule has 2 aromatic rings. The Morgan fingerprint density at radius 2 is 1.14 bits per heavy atom. The van der Waals surface area contributed by atoms with Gasteiger partial charge in [0.05, 0.1) is 11.8 Å². The van der Waals surface area contributed by atoms with Gasteiger partial charge >= 0.3 is 11.9 Å². The number of hydrogen-bond donors (Lipinski definition) is 0. The Hall–Kier alpha value is -2.42. The summed E-state index contributed by atoms with van der Waals surface area (Å²) in [5.41, 5.74) is 2.19. The zero-order valence-electron chi connectivity index (χ0n) is 12.3. The van der Waals surface area contributed by atoms with Crippen molar-refractivity contribution in [2.75, 3.05) is 0 Å². The Kier molecular flexibility index (Phi) is 4.33. The molecule has 0 aliphatic carbocycles. The predicted octanol–water partition coefficient (Wildman–Crippen LogP) is 3.18. The Balaban J connectivity index is 1.70. The molecule has 112 valence electrons. The van der Waals surface area contributed by atoms with Crippen LogP contribution in [0.4, 0.5) is 0 Å². The third kappa shape index (κ3) is 3.42. The van der Waals surface area contributed by atoms with Crippen LogP contribution in [0.5, 0.6) is 0 Å². The first-order valence-corrected chi connectivity index (χ1v) is 7.56. The van der Waals surface area contributed by atoms with Crippen LogP contribution < -0.4 is 0 Å². The second kappa shape index (κ2) is 6.56. The smallest absolute Gasteiger partial charge is 0.316 e. The van der Waals surface area contributed by atoms with Gasteiger partial charge in [0.15, 0.2) is 0 Å². The van der Waals surface area contributed by atoms with E-state index in [1.807, 2.05) is 60.7 Å². The molecule has 1 fully saturated rings. The monoisotopic (exact) mass is 294 g/mol. The number of rotatable bonds is 4. The Morgan fingerprint density at radius 1 is 0.727 bits per heavy atom. The van der Waals surface area contributed by atoms with Crippen LogP contribution in [0.2, 0.25) is 0 Å². The van der Waals surface area contributed by atoms with Crippen LogP contribution in [0.3, 0.4) is 0 Å². The topological polar surface area (TPSA) is 43.4 Å². The van der Waals surface area contributed by atoms with Gasteiger partial charge in [-0.2, -0.15) is 0 Å². The second-order valence-corrected chi connectivity index (χ2v) is 5.75. The molecule has 22 heavy (non-hydrogen) atoms. The molecule has 1 aliphatic heterocycles. The summed E-state index contributed by atoms with van der Waals surface area (Å²) in [6, 6.07) is 19.7. The van der Waals surface area contributed by atoms with Crippen LogP contribution in [-0.2, 0) is 27.2 Å². The molecule has 0 N–H and O–H groups in total. The second-order valence-electron chi connectivity index (χ2n) is 5.75. The van der Waals surface area contributed by atoms with Gasteiger partial charge in [-0.05, 0) is 30.4 Å². The van der Waals surface area contributed by atoms with Crippen molar-refractivity contribution < 1.29 is 14.3 Å². The molecule has 2 unspecified atom stereocenters. The highest BCUT2D eigenvalue weighted by molar-refractivity contribution is 5.91. The van der Waals surface area contributed by atoms with Crippen molar-refractivity contribution in [1.82, 2.24) is 0 Å². The fraction of sp³-hybridized carbons (Fsp3) is 0.263. The van der Waals surface area contributed by atoms with E-state index in [-0.39, 0.29) is 11.8 Å². The van der Waals surface area contributed by atoms with Crippen LogP contribution in [-0.4, -0.2) is 11.9 Å². The van der Waals surface area contributed by atoms with E-state index < -0.39 is 11.9 Å². The zero-order valence-corrected chi connectivity index (χ0v) is 12.3. The molecule has 1 aliphatic rings. The quantitative estimate of drug-likeness (QED) is 0.642. The average molecular weight is 294 g/mol. The van der Waals surface area contributed by atoms with Crippen LogP contribution in [0.25, 0.3) is 0 Å². The molecule has 3 heteroatoms. The number of ether oxygens (including phenoxy) is 1. The summed E-state index contributed by atoms with van der Waals surface area (Å²) in [6.07, 6.45) is 1.80. The van der Waals surface area contributed by atoms with Crippen molar-refractivity contribution in [2.24, 2.45) is 11.8 Å². The lowest BCUT2D eigenvalue weighted by Crippen LogP contribution is -2.36. The summed E-state index contributed by atoms with van der Waals surface area (Å²) in [5.74, 6) is -1.26. The zero-order chi connectivity index (χ0) is 15.4. The van der Waals surface area contributed by atoms with Gasteiger partial charge in [-0.3, -0.25) is 9.59 Å². The standard InChI is InChI=1S/C19H18O3/c20-18-16(11-14-7-3-1-4-8-14)13-17(19(21)22-18)12-15-9-5-2-6-10-15/h1-10,16-17H,11-13H2. The molecule has 3 nitrogen and oxygen atoms in total. The number of hydrogen-bond acceptors (Lipinski definition) is 3. The summed E-state index contributed by atoms with van der Waals surface area (Å²) >= 11 is 0. The SMILES string of the molecule is O=C1OC(=O)C(Cc2ccccc2)CC1Cc1ccccc1. The molecule has 0 aromatic heterocycles. The van der Waals surface area contributed by atoms with Gasteiger partial charge < -0.3 is 4.74 Å². The van der Waals surface area contributed by atoms with Gasteiger partial charge in [-0.15, -0.1) is 0 Å². The van der Waals surface area contributed by atoms with E-state index in [9.17, 15) is 9.59 Å². The van der Waals surface area contributed by atoms with E-state index in [1.165, 1.54) is 0 Å². The summed E-state index contributed by atoms with van der Waals surface area (Å²) < 4.78 is 4.98. The fourth-order valence-electron chi connectivity index (χ4n) is 2.93. The molecule has 0 radical (unpaired) electrons. The van der Waals surface area contributed by atoms with Crippen LogP contribution in [0.1, 0.15) is 17.5 Å². The first-order chi connectivity index (χ1) is 10.7. The van der Waals surface area contributed by atoms with Crippen molar-refractivity contribution in [3.05, 3.63) is 71.8 Å². The minimum absolute atomic E-state index is 0.242. The minimum Gasteiger partial charge on any atom is -0.393 e. The highest BCUT2D eigenvalue weighted by Gasteiger charge is 2.36. The maximum absolute atomic E-state index is 12.0. The third-order valence-corrected chi connectivity index (χ3v) is 4.09. The van der Waals surface area contributed by atoms with Gasteiger partial charge in [0.2, 0.25) is 0 Å². The van der Waals surface area contributed by atoms with E-state index in [1.54, 1.807) is 0 Å². The van der Waals surface area contributed by atoms with Crippen molar-refractivity contribution in [1.29, 1.82) is 0 Å². The largest absolute Gasteiger partial charge is 0.393 e. The molecular weight excluding hydrogens is 276 g/mol. The van der Waals surface area contributed by atoms with E-state index in [2.05, 4.69) is 0 Å². The fourth-order valence-corrected chi connectivity index (χ4v) is 2.93. The molecule has 0 saturated carbocycles. The minimum atomic E-state index is -0.391. The normalized spacial score (nSPS) is 21.5. The molecule has 1 heterocycles. The first kappa shape index (κ1) is 14.5. The van der Waals surface area contributed by atoms with Gasteiger partial charge in [0, 0.05) is 0 Å². The van der Waals surface area contributed by atoms with Crippen LogP contribution >= 0.6 is 0 Å². The van der Waals surface area contributed by atoms with Gasteiger partial charge in [-0.25, -0.2) is 0 Å². The Morgan fingerprint density at radius 3 is 1.55 bits per heavy atom. The number of cyclic esters (lactones) is 2.